The Balaban J connectivity index is 3.57. The van der Waals surface area contributed by atoms with E-state index in [-0.39, 0.29) is 6.61 Å². The number of aliphatic hydroxyl groups is 1. The Bertz CT molecular complexity index is 129. The van der Waals surface area contributed by atoms with E-state index in [1.807, 2.05) is 0 Å². The van der Waals surface area contributed by atoms with Crippen molar-refractivity contribution in [1.29, 1.82) is 0 Å². The predicted octanol–water partition coefficient (Wildman–Crippen LogP) is 0.486. The Hall–Kier alpha value is -0.830. The van der Waals surface area contributed by atoms with Crippen molar-refractivity contribution in [3.05, 3.63) is 12.2 Å². The number of allylic oxidation sites excluding steroid dienone is 1. The van der Waals surface area contributed by atoms with Gasteiger partial charge in [-0.2, -0.15) is 0 Å². The monoisotopic (exact) mass is 144 g/mol. The Labute approximate surface area is 60.3 Å². The van der Waals surface area contributed by atoms with E-state index in [1.54, 1.807) is 19.9 Å². The summed E-state index contributed by atoms with van der Waals surface area (Å²) in [6, 6.07) is 0. The normalized spacial score (nSPS) is 13.5. The van der Waals surface area contributed by atoms with Gasteiger partial charge < -0.3 is 9.84 Å². The molecule has 3 nitrogen and oxygen atoms in total. The largest absolute Gasteiger partial charge is 0.457 e. The summed E-state index contributed by atoms with van der Waals surface area (Å²) in [4.78, 5) is 10.6. The lowest BCUT2D eigenvalue weighted by Crippen LogP contribution is -2.16. The average molecular weight is 144 g/mol. The first-order chi connectivity index (χ1) is 4.70. The summed E-state index contributed by atoms with van der Waals surface area (Å²) in [5, 5.41) is 8.45. The Morgan fingerprint density at radius 3 is 2.80 bits per heavy atom. The SMILES string of the molecule is C/C=C\C(=O)OC(C)CO. The lowest BCUT2D eigenvalue weighted by molar-refractivity contribution is -0.143. The van der Waals surface area contributed by atoms with Gasteiger partial charge >= 0.3 is 5.97 Å². The van der Waals surface area contributed by atoms with Crippen LogP contribution in [0.3, 0.4) is 0 Å². The standard InChI is InChI=1S/C7H12O3/c1-3-4-7(9)10-6(2)5-8/h3-4,6,8H,5H2,1-2H3/b4-3-. The van der Waals surface area contributed by atoms with E-state index in [1.165, 1.54) is 6.08 Å². The molecule has 1 N–H and O–H groups in total. The fourth-order valence-electron chi connectivity index (χ4n) is 0.411. The zero-order valence-electron chi connectivity index (χ0n) is 6.20. The van der Waals surface area contributed by atoms with Crippen molar-refractivity contribution in [2.45, 2.75) is 20.0 Å². The number of rotatable bonds is 3. The van der Waals surface area contributed by atoms with Crippen molar-refractivity contribution in [1.82, 2.24) is 0 Å². The van der Waals surface area contributed by atoms with Crippen LogP contribution in [-0.4, -0.2) is 23.8 Å². The van der Waals surface area contributed by atoms with Gasteiger partial charge in [0.25, 0.3) is 0 Å². The zero-order chi connectivity index (χ0) is 7.98. The molecule has 0 spiro atoms. The molecule has 0 aliphatic heterocycles. The summed E-state index contributed by atoms with van der Waals surface area (Å²) in [6.07, 6.45) is 2.49. The van der Waals surface area contributed by atoms with E-state index < -0.39 is 12.1 Å². The van der Waals surface area contributed by atoms with Crippen molar-refractivity contribution in [2.75, 3.05) is 6.61 Å². The van der Waals surface area contributed by atoms with Crippen LogP contribution in [0.15, 0.2) is 12.2 Å². The lowest BCUT2D eigenvalue weighted by Gasteiger charge is -2.06. The Kier molecular flexibility index (Phi) is 4.58. The number of esters is 1. The molecule has 0 saturated carbocycles. The molecule has 0 aliphatic carbocycles. The average Bonchev–Trinajstić information content (AvgIpc) is 1.88. The van der Waals surface area contributed by atoms with Gasteiger partial charge in [-0.3, -0.25) is 0 Å². The maximum atomic E-state index is 10.6. The second-order valence-electron chi connectivity index (χ2n) is 1.93. The van der Waals surface area contributed by atoms with Gasteiger partial charge in [-0.15, -0.1) is 0 Å². The maximum Gasteiger partial charge on any atom is 0.330 e. The molecule has 1 atom stereocenters. The molecule has 0 amide bonds. The van der Waals surface area contributed by atoms with E-state index in [2.05, 4.69) is 4.74 Å². The molecule has 0 bridgehead atoms. The number of carbonyl (C=O) groups is 1. The van der Waals surface area contributed by atoms with E-state index >= 15 is 0 Å². The van der Waals surface area contributed by atoms with E-state index in [4.69, 9.17) is 5.11 Å². The van der Waals surface area contributed by atoms with E-state index in [9.17, 15) is 4.79 Å². The molecule has 3 heteroatoms. The molecule has 0 aromatic rings. The number of hydrogen-bond acceptors (Lipinski definition) is 3. The topological polar surface area (TPSA) is 46.5 Å². The third-order valence-electron chi connectivity index (χ3n) is 0.877. The van der Waals surface area contributed by atoms with Crippen LogP contribution < -0.4 is 0 Å². The summed E-state index contributed by atoms with van der Waals surface area (Å²) in [5.41, 5.74) is 0. The van der Waals surface area contributed by atoms with Crippen LogP contribution in [-0.2, 0) is 9.53 Å². The third kappa shape index (κ3) is 4.09. The fraction of sp³-hybridized carbons (Fsp3) is 0.571. The Morgan fingerprint density at radius 1 is 1.80 bits per heavy atom. The smallest absolute Gasteiger partial charge is 0.330 e. The highest BCUT2D eigenvalue weighted by molar-refractivity contribution is 5.81. The quantitative estimate of drug-likeness (QED) is 0.463. The highest BCUT2D eigenvalue weighted by atomic mass is 16.5. The van der Waals surface area contributed by atoms with Gasteiger partial charge in [0.2, 0.25) is 0 Å². The van der Waals surface area contributed by atoms with E-state index in [0.717, 1.165) is 0 Å². The third-order valence-corrected chi connectivity index (χ3v) is 0.877. The molecule has 0 fully saturated rings. The first-order valence-corrected chi connectivity index (χ1v) is 3.15. The van der Waals surface area contributed by atoms with Gasteiger partial charge in [-0.25, -0.2) is 4.79 Å². The Morgan fingerprint density at radius 2 is 2.40 bits per heavy atom. The molecule has 0 aromatic carbocycles. The van der Waals surface area contributed by atoms with Crippen LogP contribution in [0.1, 0.15) is 13.8 Å². The van der Waals surface area contributed by atoms with Crippen LogP contribution in [0, 0.1) is 0 Å². The molecular weight excluding hydrogens is 132 g/mol. The van der Waals surface area contributed by atoms with Gasteiger partial charge in [0.15, 0.2) is 0 Å². The molecular formula is C7H12O3. The van der Waals surface area contributed by atoms with Crippen molar-refractivity contribution < 1.29 is 14.6 Å². The van der Waals surface area contributed by atoms with E-state index in [0.29, 0.717) is 0 Å². The molecule has 0 saturated heterocycles. The minimum absolute atomic E-state index is 0.136. The highest BCUT2D eigenvalue weighted by Gasteiger charge is 2.02. The highest BCUT2D eigenvalue weighted by Crippen LogP contribution is 1.90. The first-order valence-electron chi connectivity index (χ1n) is 3.15. The minimum Gasteiger partial charge on any atom is -0.457 e. The van der Waals surface area contributed by atoms with Crippen molar-refractivity contribution in [3.8, 4) is 0 Å². The summed E-state index contributed by atoms with van der Waals surface area (Å²) >= 11 is 0. The molecule has 0 radical (unpaired) electrons. The van der Waals surface area contributed by atoms with Gasteiger partial charge in [0.1, 0.15) is 6.10 Å². The second-order valence-corrected chi connectivity index (χ2v) is 1.93. The summed E-state index contributed by atoms with van der Waals surface area (Å²) < 4.78 is 4.66. The molecule has 58 valence electrons. The molecule has 0 heterocycles. The lowest BCUT2D eigenvalue weighted by atomic mass is 10.4. The zero-order valence-corrected chi connectivity index (χ0v) is 6.20. The van der Waals surface area contributed by atoms with Crippen molar-refractivity contribution in [3.63, 3.8) is 0 Å². The number of carbonyl (C=O) groups excluding carboxylic acids is 1. The molecule has 0 rings (SSSR count). The van der Waals surface area contributed by atoms with Crippen LogP contribution in [0.2, 0.25) is 0 Å². The second kappa shape index (κ2) is 4.99. The van der Waals surface area contributed by atoms with Crippen molar-refractivity contribution >= 4 is 5.97 Å². The molecule has 10 heavy (non-hydrogen) atoms. The molecule has 1 unspecified atom stereocenters. The minimum atomic E-state index is -0.413. The van der Waals surface area contributed by atoms with Crippen LogP contribution in [0.25, 0.3) is 0 Å². The van der Waals surface area contributed by atoms with Gasteiger partial charge in [-0.1, -0.05) is 6.08 Å². The summed E-state index contributed by atoms with van der Waals surface area (Å²) in [7, 11) is 0. The van der Waals surface area contributed by atoms with Gasteiger partial charge in [-0.05, 0) is 13.8 Å². The molecule has 0 aromatic heterocycles. The fourth-order valence-corrected chi connectivity index (χ4v) is 0.411. The van der Waals surface area contributed by atoms with Crippen LogP contribution in [0.5, 0.6) is 0 Å². The van der Waals surface area contributed by atoms with Crippen molar-refractivity contribution in [2.24, 2.45) is 0 Å². The number of ether oxygens (including phenoxy) is 1. The number of aliphatic hydroxyl groups excluding tert-OH is 1. The predicted molar refractivity (Wildman–Crippen MR) is 37.5 cm³/mol. The number of hydrogen-bond donors (Lipinski definition) is 1. The van der Waals surface area contributed by atoms with Crippen LogP contribution >= 0.6 is 0 Å². The van der Waals surface area contributed by atoms with Gasteiger partial charge in [0, 0.05) is 6.08 Å². The summed E-state index contributed by atoms with van der Waals surface area (Å²) in [6.45, 7) is 3.22. The maximum absolute atomic E-state index is 10.6. The first kappa shape index (κ1) is 9.17. The molecule has 0 aliphatic rings. The van der Waals surface area contributed by atoms with Crippen LogP contribution in [0.4, 0.5) is 0 Å². The summed E-state index contributed by atoms with van der Waals surface area (Å²) in [5.74, 6) is -0.413. The van der Waals surface area contributed by atoms with Gasteiger partial charge in [0.05, 0.1) is 6.61 Å².